The van der Waals surface area contributed by atoms with Crippen molar-refractivity contribution in [3.8, 4) is 0 Å². The Balaban J connectivity index is 2.25. The molecule has 0 aliphatic carbocycles. The fourth-order valence-corrected chi connectivity index (χ4v) is 2.59. The standard InChI is InChI=1S/C10H21NS/c1-4-11-7-5-10(6-8-11)9(2)12-3/h9-10H,4-8H2,1-3H3. The van der Waals surface area contributed by atoms with Gasteiger partial charge in [0.1, 0.15) is 0 Å². The average molecular weight is 187 g/mol. The molecule has 1 fully saturated rings. The Labute approximate surface area is 80.9 Å². The van der Waals surface area contributed by atoms with E-state index in [4.69, 9.17) is 0 Å². The highest BCUT2D eigenvalue weighted by atomic mass is 32.2. The lowest BCUT2D eigenvalue weighted by Crippen LogP contribution is -2.36. The van der Waals surface area contributed by atoms with Gasteiger partial charge in [0.2, 0.25) is 0 Å². The maximum Gasteiger partial charge on any atom is 0.00451 e. The number of piperidine rings is 1. The molecule has 0 aromatic rings. The van der Waals surface area contributed by atoms with Gasteiger partial charge in [0, 0.05) is 5.25 Å². The first-order chi connectivity index (χ1) is 5.77. The summed E-state index contributed by atoms with van der Waals surface area (Å²) in [5.41, 5.74) is 0. The van der Waals surface area contributed by atoms with Crippen molar-refractivity contribution in [3.63, 3.8) is 0 Å². The van der Waals surface area contributed by atoms with Crippen LogP contribution in [0.3, 0.4) is 0 Å². The summed E-state index contributed by atoms with van der Waals surface area (Å²) >= 11 is 2.02. The van der Waals surface area contributed by atoms with E-state index in [1.54, 1.807) is 0 Å². The zero-order valence-electron chi connectivity index (χ0n) is 8.55. The first kappa shape index (κ1) is 10.4. The minimum Gasteiger partial charge on any atom is -0.304 e. The quantitative estimate of drug-likeness (QED) is 0.668. The molecule has 1 unspecified atom stereocenters. The summed E-state index contributed by atoms with van der Waals surface area (Å²) in [7, 11) is 0. The Kier molecular flexibility index (Phi) is 4.44. The summed E-state index contributed by atoms with van der Waals surface area (Å²) < 4.78 is 0. The zero-order valence-corrected chi connectivity index (χ0v) is 9.36. The van der Waals surface area contributed by atoms with Gasteiger partial charge in [-0.25, -0.2) is 0 Å². The zero-order chi connectivity index (χ0) is 8.97. The second-order valence-electron chi connectivity index (χ2n) is 3.71. The summed E-state index contributed by atoms with van der Waals surface area (Å²) in [6.07, 6.45) is 5.06. The van der Waals surface area contributed by atoms with Crippen LogP contribution < -0.4 is 0 Å². The van der Waals surface area contributed by atoms with Crippen molar-refractivity contribution in [3.05, 3.63) is 0 Å². The van der Waals surface area contributed by atoms with E-state index in [9.17, 15) is 0 Å². The number of hydrogen-bond acceptors (Lipinski definition) is 2. The number of hydrogen-bond donors (Lipinski definition) is 0. The third-order valence-corrected chi connectivity index (χ3v) is 4.24. The summed E-state index contributed by atoms with van der Waals surface area (Å²) in [5.74, 6) is 0.975. The maximum atomic E-state index is 2.56. The molecule has 1 heterocycles. The van der Waals surface area contributed by atoms with Crippen LogP contribution in [0.25, 0.3) is 0 Å². The molecule has 0 bridgehead atoms. The van der Waals surface area contributed by atoms with Gasteiger partial charge in [0.05, 0.1) is 0 Å². The van der Waals surface area contributed by atoms with Gasteiger partial charge in [0.25, 0.3) is 0 Å². The Morgan fingerprint density at radius 3 is 2.42 bits per heavy atom. The second kappa shape index (κ2) is 5.13. The van der Waals surface area contributed by atoms with E-state index >= 15 is 0 Å². The van der Waals surface area contributed by atoms with E-state index in [0.29, 0.717) is 0 Å². The van der Waals surface area contributed by atoms with Crippen LogP contribution in [0.15, 0.2) is 0 Å². The third kappa shape index (κ3) is 2.67. The molecular weight excluding hydrogens is 166 g/mol. The highest BCUT2D eigenvalue weighted by Crippen LogP contribution is 2.26. The molecule has 72 valence electrons. The van der Waals surface area contributed by atoms with E-state index < -0.39 is 0 Å². The molecule has 0 saturated carbocycles. The molecule has 0 N–H and O–H groups in total. The van der Waals surface area contributed by atoms with Crippen molar-refractivity contribution in [1.82, 2.24) is 4.90 Å². The maximum absolute atomic E-state index is 2.56. The van der Waals surface area contributed by atoms with Gasteiger partial charge in [-0.1, -0.05) is 13.8 Å². The lowest BCUT2D eigenvalue weighted by atomic mass is 9.94. The van der Waals surface area contributed by atoms with Crippen LogP contribution in [0.2, 0.25) is 0 Å². The van der Waals surface area contributed by atoms with Crippen LogP contribution in [-0.4, -0.2) is 36.0 Å². The average Bonchev–Trinajstić information content (AvgIpc) is 2.17. The molecular formula is C10H21NS. The molecule has 1 aliphatic rings. The molecule has 1 saturated heterocycles. The smallest absolute Gasteiger partial charge is 0.00451 e. The molecule has 12 heavy (non-hydrogen) atoms. The molecule has 1 nitrogen and oxygen atoms in total. The van der Waals surface area contributed by atoms with Gasteiger partial charge in [-0.2, -0.15) is 11.8 Å². The van der Waals surface area contributed by atoms with Crippen molar-refractivity contribution in [2.45, 2.75) is 31.9 Å². The van der Waals surface area contributed by atoms with Crippen molar-refractivity contribution in [2.75, 3.05) is 25.9 Å². The molecule has 0 aromatic heterocycles. The number of nitrogens with zero attached hydrogens (tertiary/aromatic N) is 1. The summed E-state index contributed by atoms with van der Waals surface area (Å²) in [6.45, 7) is 8.52. The summed E-state index contributed by atoms with van der Waals surface area (Å²) in [5, 5.41) is 0.865. The van der Waals surface area contributed by atoms with Gasteiger partial charge < -0.3 is 4.90 Å². The van der Waals surface area contributed by atoms with Gasteiger partial charge in [-0.15, -0.1) is 0 Å². The van der Waals surface area contributed by atoms with Crippen molar-refractivity contribution in [1.29, 1.82) is 0 Å². The van der Waals surface area contributed by atoms with E-state index in [1.165, 1.54) is 32.5 Å². The Hall–Kier alpha value is 0.310. The molecule has 2 heteroatoms. The van der Waals surface area contributed by atoms with Crippen LogP contribution in [0.1, 0.15) is 26.7 Å². The number of rotatable bonds is 3. The topological polar surface area (TPSA) is 3.24 Å². The first-order valence-corrected chi connectivity index (χ1v) is 6.31. The SMILES string of the molecule is CCN1CCC(C(C)SC)CC1. The Morgan fingerprint density at radius 1 is 1.42 bits per heavy atom. The number of likely N-dealkylation sites (tertiary alicyclic amines) is 1. The molecule has 0 aromatic carbocycles. The van der Waals surface area contributed by atoms with E-state index in [2.05, 4.69) is 25.0 Å². The van der Waals surface area contributed by atoms with Gasteiger partial charge in [0.15, 0.2) is 0 Å². The fourth-order valence-electron chi connectivity index (χ4n) is 1.93. The van der Waals surface area contributed by atoms with Crippen LogP contribution in [0.5, 0.6) is 0 Å². The van der Waals surface area contributed by atoms with E-state index in [0.717, 1.165) is 11.2 Å². The first-order valence-electron chi connectivity index (χ1n) is 5.03. The monoisotopic (exact) mass is 187 g/mol. The van der Waals surface area contributed by atoms with Gasteiger partial charge in [-0.05, 0) is 44.6 Å². The molecule has 1 atom stereocenters. The number of thioether (sulfide) groups is 1. The van der Waals surface area contributed by atoms with Crippen LogP contribution in [0, 0.1) is 5.92 Å². The lowest BCUT2D eigenvalue weighted by molar-refractivity contribution is 0.192. The van der Waals surface area contributed by atoms with Crippen molar-refractivity contribution >= 4 is 11.8 Å². The van der Waals surface area contributed by atoms with Gasteiger partial charge in [-0.3, -0.25) is 0 Å². The molecule has 0 amide bonds. The van der Waals surface area contributed by atoms with Gasteiger partial charge >= 0.3 is 0 Å². The fraction of sp³-hybridized carbons (Fsp3) is 1.00. The third-order valence-electron chi connectivity index (χ3n) is 3.12. The largest absolute Gasteiger partial charge is 0.304 e. The highest BCUT2D eigenvalue weighted by molar-refractivity contribution is 7.99. The van der Waals surface area contributed by atoms with E-state index in [-0.39, 0.29) is 0 Å². The van der Waals surface area contributed by atoms with Crippen LogP contribution >= 0.6 is 11.8 Å². The minimum absolute atomic E-state index is 0.865. The Bertz CT molecular complexity index is 119. The van der Waals surface area contributed by atoms with Crippen molar-refractivity contribution < 1.29 is 0 Å². The minimum atomic E-state index is 0.865. The Morgan fingerprint density at radius 2 is 2.00 bits per heavy atom. The van der Waals surface area contributed by atoms with Crippen LogP contribution in [0.4, 0.5) is 0 Å². The van der Waals surface area contributed by atoms with E-state index in [1.807, 2.05) is 11.8 Å². The van der Waals surface area contributed by atoms with Crippen molar-refractivity contribution in [2.24, 2.45) is 5.92 Å². The highest BCUT2D eigenvalue weighted by Gasteiger charge is 2.21. The summed E-state index contributed by atoms with van der Waals surface area (Å²) in [4.78, 5) is 2.56. The summed E-state index contributed by atoms with van der Waals surface area (Å²) in [6, 6.07) is 0. The second-order valence-corrected chi connectivity index (χ2v) is 4.93. The van der Waals surface area contributed by atoms with Crippen LogP contribution in [-0.2, 0) is 0 Å². The predicted octanol–water partition coefficient (Wildman–Crippen LogP) is 2.47. The molecule has 1 aliphatic heterocycles. The predicted molar refractivity (Wildman–Crippen MR) is 57.8 cm³/mol. The lowest BCUT2D eigenvalue weighted by Gasteiger charge is -2.33. The molecule has 0 radical (unpaired) electrons. The normalized spacial score (nSPS) is 24.2. The molecule has 1 rings (SSSR count). The molecule has 0 spiro atoms.